The standard InChI is InChI=1S/C19H16Br2N2O3S/c1-9-10(2)27-19(16(9)18(22)25)23-15(24)8-26-14-6-3-11-7-12(20)4-5-13(11)17(14)21/h3-7H,8H2,1-2H3,(H2,22,25)(H,23,24). The molecular formula is C19H16Br2N2O3S. The molecule has 3 rings (SSSR count). The first-order chi connectivity index (χ1) is 12.8. The molecule has 0 atom stereocenters. The maximum atomic E-state index is 12.3. The molecule has 8 heteroatoms. The summed E-state index contributed by atoms with van der Waals surface area (Å²) in [7, 11) is 0. The Morgan fingerprint density at radius 1 is 1.19 bits per heavy atom. The Morgan fingerprint density at radius 3 is 2.63 bits per heavy atom. The van der Waals surface area contributed by atoms with Gasteiger partial charge in [-0.25, -0.2) is 0 Å². The van der Waals surface area contributed by atoms with Crippen molar-refractivity contribution in [2.45, 2.75) is 13.8 Å². The number of anilines is 1. The summed E-state index contributed by atoms with van der Waals surface area (Å²) in [6.07, 6.45) is 0. The molecule has 0 spiro atoms. The number of aryl methyl sites for hydroxylation is 1. The number of nitrogens with two attached hydrogens (primary N) is 1. The minimum absolute atomic E-state index is 0.186. The number of fused-ring (bicyclic) bond motifs is 1. The van der Waals surface area contributed by atoms with Gasteiger partial charge < -0.3 is 15.8 Å². The highest BCUT2D eigenvalue weighted by molar-refractivity contribution is 9.11. The van der Waals surface area contributed by atoms with E-state index in [9.17, 15) is 9.59 Å². The Labute approximate surface area is 177 Å². The normalized spacial score (nSPS) is 10.8. The van der Waals surface area contributed by atoms with Crippen LogP contribution in [0.2, 0.25) is 0 Å². The highest BCUT2D eigenvalue weighted by Crippen LogP contribution is 2.35. The molecule has 5 nitrogen and oxygen atoms in total. The van der Waals surface area contributed by atoms with E-state index in [1.54, 1.807) is 6.07 Å². The van der Waals surface area contributed by atoms with E-state index in [1.807, 2.05) is 38.1 Å². The monoisotopic (exact) mass is 510 g/mol. The molecule has 3 N–H and O–H groups in total. The van der Waals surface area contributed by atoms with Gasteiger partial charge >= 0.3 is 0 Å². The first kappa shape index (κ1) is 19.9. The van der Waals surface area contributed by atoms with E-state index in [4.69, 9.17) is 10.5 Å². The molecule has 0 saturated carbocycles. The number of halogens is 2. The topological polar surface area (TPSA) is 81.4 Å². The third kappa shape index (κ3) is 4.17. The third-order valence-corrected chi connectivity index (χ3v) is 6.56. The molecule has 27 heavy (non-hydrogen) atoms. The van der Waals surface area contributed by atoms with Gasteiger partial charge in [0.1, 0.15) is 10.8 Å². The Morgan fingerprint density at radius 2 is 1.93 bits per heavy atom. The Bertz CT molecular complexity index is 1060. The molecule has 0 aliphatic rings. The van der Waals surface area contributed by atoms with Crippen LogP contribution in [-0.2, 0) is 4.79 Å². The number of primary amides is 1. The SMILES string of the molecule is Cc1sc(NC(=O)COc2ccc3cc(Br)ccc3c2Br)c(C(N)=O)c1C. The molecule has 3 aromatic rings. The number of nitrogens with one attached hydrogen (secondary N) is 1. The van der Waals surface area contributed by atoms with Crippen LogP contribution in [0.1, 0.15) is 20.8 Å². The van der Waals surface area contributed by atoms with E-state index < -0.39 is 5.91 Å². The number of benzene rings is 2. The van der Waals surface area contributed by atoms with Crippen LogP contribution in [-0.4, -0.2) is 18.4 Å². The fourth-order valence-electron chi connectivity index (χ4n) is 2.67. The van der Waals surface area contributed by atoms with Crippen molar-refractivity contribution in [2.75, 3.05) is 11.9 Å². The van der Waals surface area contributed by atoms with Crippen molar-refractivity contribution < 1.29 is 14.3 Å². The van der Waals surface area contributed by atoms with Crippen molar-refractivity contribution in [1.82, 2.24) is 0 Å². The van der Waals surface area contributed by atoms with Gasteiger partial charge in [-0.15, -0.1) is 11.3 Å². The van der Waals surface area contributed by atoms with Crippen molar-refractivity contribution in [3.05, 3.63) is 55.3 Å². The molecule has 1 heterocycles. The van der Waals surface area contributed by atoms with Crippen molar-refractivity contribution >= 4 is 70.8 Å². The maximum Gasteiger partial charge on any atom is 0.262 e. The van der Waals surface area contributed by atoms with Crippen LogP contribution in [0, 0.1) is 13.8 Å². The minimum atomic E-state index is -0.559. The van der Waals surface area contributed by atoms with Crippen molar-refractivity contribution in [1.29, 1.82) is 0 Å². The first-order valence-electron chi connectivity index (χ1n) is 7.98. The van der Waals surface area contributed by atoms with Crippen LogP contribution in [0.15, 0.2) is 39.3 Å². The van der Waals surface area contributed by atoms with Gasteiger partial charge in [0.15, 0.2) is 6.61 Å². The second kappa shape index (κ2) is 8.00. The second-order valence-electron chi connectivity index (χ2n) is 5.93. The molecule has 0 aliphatic heterocycles. The quantitative estimate of drug-likeness (QED) is 0.496. The van der Waals surface area contributed by atoms with Crippen LogP contribution in [0.3, 0.4) is 0 Å². The Balaban J connectivity index is 1.74. The van der Waals surface area contributed by atoms with Gasteiger partial charge in [0, 0.05) is 9.35 Å². The van der Waals surface area contributed by atoms with Crippen molar-refractivity contribution in [2.24, 2.45) is 5.73 Å². The zero-order valence-corrected chi connectivity index (χ0v) is 18.5. The van der Waals surface area contributed by atoms with Crippen LogP contribution in [0.4, 0.5) is 5.00 Å². The lowest BCUT2D eigenvalue weighted by atomic mass is 10.1. The molecule has 140 valence electrons. The molecule has 1 aromatic heterocycles. The summed E-state index contributed by atoms with van der Waals surface area (Å²) in [4.78, 5) is 24.9. The lowest BCUT2D eigenvalue weighted by molar-refractivity contribution is -0.118. The summed E-state index contributed by atoms with van der Waals surface area (Å²) in [5.41, 5.74) is 6.56. The van der Waals surface area contributed by atoms with Gasteiger partial charge in [-0.05, 0) is 64.3 Å². The minimum Gasteiger partial charge on any atom is -0.483 e. The summed E-state index contributed by atoms with van der Waals surface area (Å²) in [5, 5.41) is 5.20. The highest BCUT2D eigenvalue weighted by Gasteiger charge is 2.19. The van der Waals surface area contributed by atoms with Gasteiger partial charge in [0.05, 0.1) is 10.0 Å². The number of ether oxygens (including phenoxy) is 1. The van der Waals surface area contributed by atoms with Gasteiger partial charge in [-0.1, -0.05) is 28.1 Å². The predicted molar refractivity (Wildman–Crippen MR) is 116 cm³/mol. The van der Waals surface area contributed by atoms with E-state index in [2.05, 4.69) is 37.2 Å². The van der Waals surface area contributed by atoms with Crippen molar-refractivity contribution in [3.8, 4) is 5.75 Å². The van der Waals surface area contributed by atoms with Gasteiger partial charge in [0.2, 0.25) is 0 Å². The fraction of sp³-hybridized carbons (Fsp3) is 0.158. The molecule has 0 radical (unpaired) electrons. The zero-order valence-electron chi connectivity index (χ0n) is 14.6. The number of amides is 2. The molecular weight excluding hydrogens is 496 g/mol. The first-order valence-corrected chi connectivity index (χ1v) is 10.4. The average molecular weight is 512 g/mol. The van der Waals surface area contributed by atoms with Crippen LogP contribution in [0.5, 0.6) is 5.75 Å². The van der Waals surface area contributed by atoms with Crippen LogP contribution < -0.4 is 15.8 Å². The third-order valence-electron chi connectivity index (χ3n) is 4.12. The summed E-state index contributed by atoms with van der Waals surface area (Å²) in [6, 6.07) is 9.64. The fourth-order valence-corrected chi connectivity index (χ4v) is 4.74. The Kier molecular flexibility index (Phi) is 5.88. The van der Waals surface area contributed by atoms with E-state index in [-0.39, 0.29) is 12.5 Å². The second-order valence-corrected chi connectivity index (χ2v) is 8.87. The van der Waals surface area contributed by atoms with Crippen LogP contribution in [0.25, 0.3) is 10.8 Å². The Hall–Kier alpha value is -1.90. The van der Waals surface area contributed by atoms with Gasteiger partial charge in [-0.3, -0.25) is 9.59 Å². The summed E-state index contributed by atoms with van der Waals surface area (Å²) < 4.78 is 7.43. The zero-order chi connectivity index (χ0) is 19.7. The number of hydrogen-bond acceptors (Lipinski definition) is 4. The lowest BCUT2D eigenvalue weighted by Gasteiger charge is -2.11. The molecule has 2 aromatic carbocycles. The van der Waals surface area contributed by atoms with E-state index in [1.165, 1.54) is 11.3 Å². The smallest absolute Gasteiger partial charge is 0.262 e. The number of carbonyl (C=O) groups excluding carboxylic acids is 2. The van der Waals surface area contributed by atoms with Gasteiger partial charge in [-0.2, -0.15) is 0 Å². The lowest BCUT2D eigenvalue weighted by Crippen LogP contribution is -2.22. The highest BCUT2D eigenvalue weighted by atomic mass is 79.9. The van der Waals surface area contributed by atoms with Crippen molar-refractivity contribution in [3.63, 3.8) is 0 Å². The summed E-state index contributed by atoms with van der Waals surface area (Å²) >= 11 is 8.31. The summed E-state index contributed by atoms with van der Waals surface area (Å²) in [6.45, 7) is 3.50. The molecule has 2 amide bonds. The number of hydrogen-bond donors (Lipinski definition) is 2. The maximum absolute atomic E-state index is 12.3. The molecule has 0 bridgehead atoms. The van der Waals surface area contributed by atoms with Gasteiger partial charge in [0.25, 0.3) is 11.8 Å². The molecule has 0 aliphatic carbocycles. The average Bonchev–Trinajstić information content (AvgIpc) is 2.88. The number of thiophene rings is 1. The largest absolute Gasteiger partial charge is 0.483 e. The summed E-state index contributed by atoms with van der Waals surface area (Å²) in [5.74, 6) is -0.355. The van der Waals surface area contributed by atoms with E-state index >= 15 is 0 Å². The molecule has 0 fully saturated rings. The molecule has 0 saturated heterocycles. The van der Waals surface area contributed by atoms with E-state index in [0.29, 0.717) is 16.3 Å². The van der Waals surface area contributed by atoms with E-state index in [0.717, 1.165) is 30.2 Å². The van der Waals surface area contributed by atoms with Crippen LogP contribution >= 0.6 is 43.2 Å². The molecule has 0 unspecified atom stereocenters. The number of rotatable bonds is 5. The predicted octanol–water partition coefficient (Wildman–Crippen LogP) is 5.16. The number of carbonyl (C=O) groups is 2.